The second-order valence-corrected chi connectivity index (χ2v) is 7.30. The number of benzene rings is 2. The smallest absolute Gasteiger partial charge is 0.411 e. The van der Waals surface area contributed by atoms with Crippen molar-refractivity contribution < 1.29 is 24.2 Å². The van der Waals surface area contributed by atoms with Gasteiger partial charge in [-0.25, -0.2) is 9.59 Å². The molecule has 1 atom stereocenters. The second-order valence-electron chi connectivity index (χ2n) is 6.89. The van der Waals surface area contributed by atoms with Crippen LogP contribution < -0.4 is 10.6 Å². The van der Waals surface area contributed by atoms with Gasteiger partial charge in [0.15, 0.2) is 0 Å². The van der Waals surface area contributed by atoms with Crippen molar-refractivity contribution in [3.8, 4) is 0 Å². The number of carboxylic acid groups (broad SMARTS) is 1. The molecule has 0 saturated carbocycles. The van der Waals surface area contributed by atoms with Crippen LogP contribution in [0.4, 0.5) is 15.3 Å². The van der Waals surface area contributed by atoms with Crippen LogP contribution in [0.25, 0.3) is 0 Å². The fraction of sp³-hybridized carbons (Fsp3) is 0.318. The molecule has 0 bridgehead atoms. The summed E-state index contributed by atoms with van der Waals surface area (Å²) in [5.41, 5.74) is 2.43. The third kappa shape index (κ3) is 7.82. The molecule has 0 aliphatic heterocycles. The van der Waals surface area contributed by atoms with Crippen molar-refractivity contribution >= 4 is 35.4 Å². The third-order valence-corrected chi connectivity index (χ3v) is 4.92. The van der Waals surface area contributed by atoms with E-state index in [-0.39, 0.29) is 13.2 Å². The van der Waals surface area contributed by atoms with Crippen LogP contribution in [0, 0.1) is 0 Å². The molecule has 2 rings (SSSR count). The van der Waals surface area contributed by atoms with Crippen molar-refractivity contribution in [2.75, 3.05) is 18.5 Å². The van der Waals surface area contributed by atoms with Gasteiger partial charge in [0.25, 0.3) is 0 Å². The lowest BCUT2D eigenvalue weighted by Crippen LogP contribution is -2.47. The number of urea groups is 1. The van der Waals surface area contributed by atoms with E-state index in [0.717, 1.165) is 12.0 Å². The number of aryl methyl sites for hydroxylation is 1. The van der Waals surface area contributed by atoms with E-state index in [2.05, 4.69) is 10.6 Å². The number of nitrogens with one attached hydrogen (secondary N) is 2. The van der Waals surface area contributed by atoms with E-state index >= 15 is 0 Å². The molecule has 0 radical (unpaired) electrons. The zero-order valence-corrected chi connectivity index (χ0v) is 18.2. The minimum atomic E-state index is -1.16. The van der Waals surface area contributed by atoms with Crippen molar-refractivity contribution in [3.63, 3.8) is 0 Å². The number of carboxylic acids is 1. The van der Waals surface area contributed by atoms with Crippen LogP contribution in [-0.4, -0.2) is 47.3 Å². The van der Waals surface area contributed by atoms with Gasteiger partial charge in [-0.05, 0) is 42.7 Å². The van der Waals surface area contributed by atoms with E-state index in [9.17, 15) is 14.4 Å². The Labute approximate surface area is 186 Å². The number of hydrogen-bond acceptors (Lipinski definition) is 4. The van der Waals surface area contributed by atoms with Crippen LogP contribution in [0.15, 0.2) is 48.5 Å². The van der Waals surface area contributed by atoms with E-state index in [1.807, 2.05) is 19.1 Å². The fourth-order valence-corrected chi connectivity index (χ4v) is 2.95. The first-order valence-electron chi connectivity index (χ1n) is 9.82. The first-order chi connectivity index (χ1) is 14.8. The average molecular weight is 448 g/mol. The summed E-state index contributed by atoms with van der Waals surface area (Å²) in [7, 11) is 0. The predicted octanol–water partition coefficient (Wildman–Crippen LogP) is 4.14. The Kier molecular flexibility index (Phi) is 9.14. The summed E-state index contributed by atoms with van der Waals surface area (Å²) >= 11 is 6.20. The van der Waals surface area contributed by atoms with Gasteiger partial charge in [0.1, 0.15) is 13.2 Å². The van der Waals surface area contributed by atoms with Crippen LogP contribution >= 0.6 is 11.6 Å². The maximum Gasteiger partial charge on any atom is 0.411 e. The van der Waals surface area contributed by atoms with Crippen molar-refractivity contribution in [2.24, 2.45) is 0 Å². The third-order valence-electron chi connectivity index (χ3n) is 4.55. The van der Waals surface area contributed by atoms with Gasteiger partial charge in [-0.2, -0.15) is 0 Å². The number of aliphatic carboxylic acids is 1. The van der Waals surface area contributed by atoms with E-state index in [1.165, 1.54) is 4.90 Å². The number of ether oxygens (including phenoxy) is 1. The molecule has 0 fully saturated rings. The Hall–Kier alpha value is -3.26. The van der Waals surface area contributed by atoms with E-state index in [4.69, 9.17) is 21.4 Å². The van der Waals surface area contributed by atoms with E-state index < -0.39 is 30.7 Å². The van der Waals surface area contributed by atoms with Crippen LogP contribution in [0.5, 0.6) is 0 Å². The molecule has 3 amide bonds. The van der Waals surface area contributed by atoms with E-state index in [1.54, 1.807) is 43.3 Å². The number of rotatable bonds is 9. The molecular formula is C22H26ClN3O5. The second kappa shape index (κ2) is 11.8. The Balaban J connectivity index is 2.00. The number of nitrogens with zero attached hydrogens (tertiary/aromatic N) is 1. The number of carbonyl (C=O) groups excluding carboxylic acids is 2. The lowest BCUT2D eigenvalue weighted by atomic mass is 10.1. The Morgan fingerprint density at radius 2 is 1.81 bits per heavy atom. The molecule has 0 aliphatic rings. The SMILES string of the molecule is CCc1ccc(NC(=O)OC[C@H](C)N(Cc2ccccc2Cl)C(=O)NCC(=O)O)cc1. The molecule has 8 nitrogen and oxygen atoms in total. The zero-order chi connectivity index (χ0) is 22.8. The number of hydrogen-bond donors (Lipinski definition) is 3. The summed E-state index contributed by atoms with van der Waals surface area (Å²) in [6.45, 7) is 3.23. The quantitative estimate of drug-likeness (QED) is 0.535. The predicted molar refractivity (Wildman–Crippen MR) is 118 cm³/mol. The highest BCUT2D eigenvalue weighted by Gasteiger charge is 2.23. The van der Waals surface area contributed by atoms with Gasteiger partial charge in [-0.3, -0.25) is 10.1 Å². The van der Waals surface area contributed by atoms with Crippen LogP contribution in [0.1, 0.15) is 25.0 Å². The molecule has 0 aromatic heterocycles. The Morgan fingerprint density at radius 1 is 1.13 bits per heavy atom. The van der Waals surface area contributed by atoms with Crippen LogP contribution in [0.3, 0.4) is 0 Å². The average Bonchev–Trinajstić information content (AvgIpc) is 2.75. The molecular weight excluding hydrogens is 422 g/mol. The van der Waals surface area contributed by atoms with Crippen LogP contribution in [-0.2, 0) is 22.5 Å². The van der Waals surface area contributed by atoms with Gasteiger partial charge in [0, 0.05) is 17.3 Å². The van der Waals surface area contributed by atoms with Crippen molar-refractivity contribution in [1.29, 1.82) is 0 Å². The first-order valence-corrected chi connectivity index (χ1v) is 10.2. The molecule has 0 spiro atoms. The number of halogens is 1. The lowest BCUT2D eigenvalue weighted by molar-refractivity contribution is -0.135. The fourth-order valence-electron chi connectivity index (χ4n) is 2.75. The topological polar surface area (TPSA) is 108 Å². The van der Waals surface area contributed by atoms with Crippen LogP contribution in [0.2, 0.25) is 5.02 Å². The molecule has 0 saturated heterocycles. The molecule has 2 aromatic carbocycles. The molecule has 166 valence electrons. The number of anilines is 1. The molecule has 0 heterocycles. The minimum Gasteiger partial charge on any atom is -0.480 e. The van der Waals surface area contributed by atoms with Gasteiger partial charge in [-0.1, -0.05) is 48.9 Å². The van der Waals surface area contributed by atoms with Gasteiger partial charge >= 0.3 is 18.1 Å². The standard InChI is InChI=1S/C22H26ClN3O5/c1-3-16-8-10-18(11-9-16)25-22(30)31-14-15(2)26(21(29)24-12-20(27)28)13-17-6-4-5-7-19(17)23/h4-11,15H,3,12-14H2,1-2H3,(H,24,29)(H,25,30)(H,27,28)/t15-/m0/s1. The highest BCUT2D eigenvalue weighted by atomic mass is 35.5. The first kappa shape index (κ1) is 24.0. The number of amides is 3. The summed E-state index contributed by atoms with van der Waals surface area (Å²) in [4.78, 5) is 36.9. The van der Waals surface area contributed by atoms with Crippen molar-refractivity contribution in [1.82, 2.24) is 10.2 Å². The zero-order valence-electron chi connectivity index (χ0n) is 17.4. The molecule has 9 heteroatoms. The number of carbonyl (C=O) groups is 3. The van der Waals surface area contributed by atoms with Gasteiger partial charge in [0.05, 0.1) is 6.04 Å². The van der Waals surface area contributed by atoms with Gasteiger partial charge in [0.2, 0.25) is 0 Å². The minimum absolute atomic E-state index is 0.0934. The summed E-state index contributed by atoms with van der Waals surface area (Å²) < 4.78 is 5.27. The Bertz CT molecular complexity index is 904. The summed E-state index contributed by atoms with van der Waals surface area (Å²) in [6, 6.07) is 13.3. The molecule has 2 aromatic rings. The highest BCUT2D eigenvalue weighted by Crippen LogP contribution is 2.19. The summed E-state index contributed by atoms with van der Waals surface area (Å²) in [5, 5.41) is 14.3. The summed E-state index contributed by atoms with van der Waals surface area (Å²) in [6.07, 6.45) is 0.243. The van der Waals surface area contributed by atoms with Gasteiger partial charge in [-0.15, -0.1) is 0 Å². The normalized spacial score (nSPS) is 11.3. The van der Waals surface area contributed by atoms with Crippen molar-refractivity contribution in [3.05, 3.63) is 64.7 Å². The lowest BCUT2D eigenvalue weighted by Gasteiger charge is -2.29. The largest absolute Gasteiger partial charge is 0.480 e. The van der Waals surface area contributed by atoms with Gasteiger partial charge < -0.3 is 20.1 Å². The maximum atomic E-state index is 12.6. The molecule has 0 unspecified atom stereocenters. The summed E-state index contributed by atoms with van der Waals surface area (Å²) in [5.74, 6) is -1.16. The molecule has 3 N–H and O–H groups in total. The van der Waals surface area contributed by atoms with Crippen molar-refractivity contribution in [2.45, 2.75) is 32.9 Å². The maximum absolute atomic E-state index is 12.6. The molecule has 0 aliphatic carbocycles. The van der Waals surface area contributed by atoms with E-state index in [0.29, 0.717) is 16.3 Å². The monoisotopic (exact) mass is 447 g/mol. The highest BCUT2D eigenvalue weighted by molar-refractivity contribution is 6.31. The Morgan fingerprint density at radius 3 is 2.42 bits per heavy atom. The molecule has 31 heavy (non-hydrogen) atoms.